The lowest BCUT2D eigenvalue weighted by molar-refractivity contribution is -0.156. The molecule has 2 fully saturated rings. The van der Waals surface area contributed by atoms with E-state index in [2.05, 4.69) is 10.3 Å². The minimum Gasteiger partial charge on any atom is -0.463 e. The number of amides is 2. The monoisotopic (exact) mass is 451 g/mol. The van der Waals surface area contributed by atoms with Gasteiger partial charge in [-0.2, -0.15) is 0 Å². The number of aryl methyl sites for hydroxylation is 1. The van der Waals surface area contributed by atoms with Gasteiger partial charge in [-0.1, -0.05) is 0 Å². The van der Waals surface area contributed by atoms with Crippen molar-refractivity contribution >= 4 is 17.8 Å². The van der Waals surface area contributed by atoms with Gasteiger partial charge in [0.05, 0.1) is 6.42 Å². The van der Waals surface area contributed by atoms with E-state index in [4.69, 9.17) is 9.47 Å². The number of carbonyl (C=O) groups is 3. The lowest BCUT2D eigenvalue weighted by Gasteiger charge is -2.34. The third kappa shape index (κ3) is 6.04. The number of esters is 1. The molecule has 1 aromatic heterocycles. The highest BCUT2D eigenvalue weighted by molar-refractivity contribution is 5.81. The van der Waals surface area contributed by atoms with Crippen molar-refractivity contribution in [2.24, 2.45) is 0 Å². The molecular formula is C20H29N5O7. The smallest absolute Gasteiger partial charge is 0.330 e. The molecule has 0 saturated carbocycles. The normalized spacial score (nSPS) is 21.3. The van der Waals surface area contributed by atoms with Crippen molar-refractivity contribution in [2.75, 3.05) is 45.9 Å². The highest BCUT2D eigenvalue weighted by Gasteiger charge is 2.26. The first-order valence-electron chi connectivity index (χ1n) is 10.6. The van der Waals surface area contributed by atoms with Gasteiger partial charge in [-0.3, -0.25) is 28.7 Å². The minimum atomic E-state index is -0.647. The summed E-state index contributed by atoms with van der Waals surface area (Å²) in [6.07, 6.45) is 0.299. The Bertz CT molecular complexity index is 964. The first kappa shape index (κ1) is 23.7. The number of hydrogen-bond donors (Lipinski definition) is 2. The molecule has 0 bridgehead atoms. The number of ether oxygens (including phenoxy) is 2. The zero-order chi connectivity index (χ0) is 23.3. The zero-order valence-corrected chi connectivity index (χ0v) is 18.3. The van der Waals surface area contributed by atoms with E-state index in [-0.39, 0.29) is 31.3 Å². The van der Waals surface area contributed by atoms with Crippen LogP contribution in [0.2, 0.25) is 0 Å². The largest absolute Gasteiger partial charge is 0.463 e. The first-order chi connectivity index (χ1) is 15.2. The molecule has 2 N–H and O–H groups in total. The highest BCUT2D eigenvalue weighted by Crippen LogP contribution is 2.13. The summed E-state index contributed by atoms with van der Waals surface area (Å²) in [6, 6.07) is 0. The molecule has 0 radical (unpaired) electrons. The van der Waals surface area contributed by atoms with Gasteiger partial charge in [-0.25, -0.2) is 4.79 Å². The molecule has 2 atom stereocenters. The first-order valence-corrected chi connectivity index (χ1v) is 10.6. The van der Waals surface area contributed by atoms with Gasteiger partial charge in [0.25, 0.3) is 5.56 Å². The average Bonchev–Trinajstić information content (AvgIpc) is 2.78. The summed E-state index contributed by atoms with van der Waals surface area (Å²) in [6.45, 7) is 5.77. The second-order valence-electron chi connectivity index (χ2n) is 7.92. The summed E-state index contributed by atoms with van der Waals surface area (Å²) >= 11 is 0. The van der Waals surface area contributed by atoms with E-state index < -0.39 is 29.6 Å². The summed E-state index contributed by atoms with van der Waals surface area (Å²) in [5.74, 6) is -0.667. The Kier molecular flexibility index (Phi) is 7.80. The molecule has 2 aliphatic heterocycles. The number of morpholine rings is 1. The molecule has 2 aliphatic rings. The van der Waals surface area contributed by atoms with Crippen LogP contribution in [0.15, 0.2) is 15.8 Å². The van der Waals surface area contributed by atoms with Crippen LogP contribution in [-0.2, 0) is 23.9 Å². The molecule has 176 valence electrons. The lowest BCUT2D eigenvalue weighted by Crippen LogP contribution is -2.50. The Labute approximate surface area is 184 Å². The van der Waals surface area contributed by atoms with Gasteiger partial charge < -0.3 is 24.6 Å². The van der Waals surface area contributed by atoms with Crippen molar-refractivity contribution in [3.05, 3.63) is 32.6 Å². The number of nitrogens with zero attached hydrogens (tertiary/aromatic N) is 3. The van der Waals surface area contributed by atoms with Crippen LogP contribution < -0.4 is 16.6 Å². The molecule has 0 aliphatic carbocycles. The van der Waals surface area contributed by atoms with E-state index >= 15 is 0 Å². The van der Waals surface area contributed by atoms with Crippen LogP contribution in [-0.4, -0.2) is 89.1 Å². The Morgan fingerprint density at radius 2 is 1.78 bits per heavy atom. The van der Waals surface area contributed by atoms with E-state index in [1.165, 1.54) is 17.7 Å². The minimum absolute atomic E-state index is 0.0112. The van der Waals surface area contributed by atoms with Crippen molar-refractivity contribution < 1.29 is 23.9 Å². The van der Waals surface area contributed by atoms with Gasteiger partial charge >= 0.3 is 11.7 Å². The Morgan fingerprint density at radius 3 is 2.47 bits per heavy atom. The van der Waals surface area contributed by atoms with Gasteiger partial charge in [0, 0.05) is 64.4 Å². The van der Waals surface area contributed by atoms with E-state index in [0.717, 1.165) is 0 Å². The van der Waals surface area contributed by atoms with Crippen LogP contribution in [0.25, 0.3) is 0 Å². The SMILES string of the molecule is CC(=O)N1CCN(C(=O)CCC(=O)OC[C@@H]2CNC[C@H](n3cc(C)c(=O)[nH]c3=O)O2)CC1. The Balaban J connectivity index is 1.41. The molecule has 32 heavy (non-hydrogen) atoms. The fraction of sp³-hybridized carbons (Fsp3) is 0.650. The molecule has 12 heteroatoms. The van der Waals surface area contributed by atoms with Gasteiger partial charge in [0.2, 0.25) is 11.8 Å². The van der Waals surface area contributed by atoms with E-state index in [9.17, 15) is 24.0 Å². The van der Waals surface area contributed by atoms with Crippen LogP contribution >= 0.6 is 0 Å². The number of rotatable bonds is 6. The maximum Gasteiger partial charge on any atom is 0.330 e. The van der Waals surface area contributed by atoms with Gasteiger partial charge in [-0.05, 0) is 6.92 Å². The number of H-pyrrole nitrogens is 1. The number of piperazine rings is 1. The van der Waals surface area contributed by atoms with Crippen molar-refractivity contribution in [3.8, 4) is 0 Å². The fourth-order valence-corrected chi connectivity index (χ4v) is 3.64. The number of nitrogens with one attached hydrogen (secondary N) is 2. The Morgan fingerprint density at radius 1 is 1.09 bits per heavy atom. The fourth-order valence-electron chi connectivity index (χ4n) is 3.64. The second kappa shape index (κ2) is 10.6. The van der Waals surface area contributed by atoms with Crippen LogP contribution in [0.5, 0.6) is 0 Å². The molecule has 0 spiro atoms. The average molecular weight is 451 g/mol. The molecule has 3 rings (SSSR count). The molecule has 2 saturated heterocycles. The van der Waals surface area contributed by atoms with Gasteiger partial charge in [0.1, 0.15) is 12.7 Å². The van der Waals surface area contributed by atoms with Crippen LogP contribution in [0.3, 0.4) is 0 Å². The van der Waals surface area contributed by atoms with E-state index in [1.807, 2.05) is 0 Å². The Hall–Kier alpha value is -2.99. The summed E-state index contributed by atoms with van der Waals surface area (Å²) in [5.41, 5.74) is -0.641. The van der Waals surface area contributed by atoms with Crippen LogP contribution in [0, 0.1) is 6.92 Å². The van der Waals surface area contributed by atoms with Gasteiger partial charge in [-0.15, -0.1) is 0 Å². The summed E-state index contributed by atoms with van der Waals surface area (Å²) in [5, 5.41) is 3.12. The highest BCUT2D eigenvalue weighted by atomic mass is 16.6. The molecule has 0 unspecified atom stereocenters. The molecule has 1 aromatic rings. The maximum absolute atomic E-state index is 12.3. The van der Waals surface area contributed by atoms with Crippen LogP contribution in [0.4, 0.5) is 0 Å². The predicted molar refractivity (Wildman–Crippen MR) is 112 cm³/mol. The number of carbonyl (C=O) groups excluding carboxylic acids is 3. The summed E-state index contributed by atoms with van der Waals surface area (Å²) in [7, 11) is 0. The predicted octanol–water partition coefficient (Wildman–Crippen LogP) is -1.65. The number of aromatic amines is 1. The van der Waals surface area contributed by atoms with Crippen molar-refractivity contribution in [2.45, 2.75) is 39.0 Å². The lowest BCUT2D eigenvalue weighted by atomic mass is 10.2. The van der Waals surface area contributed by atoms with Crippen LogP contribution in [0.1, 0.15) is 31.6 Å². The number of aromatic nitrogens is 2. The summed E-state index contributed by atoms with van der Waals surface area (Å²) < 4.78 is 12.4. The molecule has 3 heterocycles. The maximum atomic E-state index is 12.3. The second-order valence-corrected chi connectivity index (χ2v) is 7.92. The van der Waals surface area contributed by atoms with E-state index in [0.29, 0.717) is 44.8 Å². The third-order valence-corrected chi connectivity index (χ3v) is 5.55. The molecule has 0 aromatic carbocycles. The third-order valence-electron chi connectivity index (χ3n) is 5.55. The quantitative estimate of drug-likeness (QED) is 0.490. The molecule has 2 amide bonds. The number of hydrogen-bond acceptors (Lipinski definition) is 8. The van der Waals surface area contributed by atoms with Crippen molar-refractivity contribution in [1.82, 2.24) is 24.7 Å². The standard InChI is InChI=1S/C20H29N5O7/c1-13-11-25(20(30)22-19(13)29)17-10-21-9-15(32-17)12-31-18(28)4-3-16(27)24-7-5-23(6-8-24)14(2)26/h11,15,17,21H,3-10,12H2,1-2H3,(H,22,29,30)/t15-,17+/m0/s1. The molecule has 12 nitrogen and oxygen atoms in total. The topological polar surface area (TPSA) is 143 Å². The van der Waals surface area contributed by atoms with Gasteiger partial charge in [0.15, 0.2) is 6.23 Å². The zero-order valence-electron chi connectivity index (χ0n) is 18.3. The van der Waals surface area contributed by atoms with Crippen molar-refractivity contribution in [1.29, 1.82) is 0 Å². The van der Waals surface area contributed by atoms with Crippen molar-refractivity contribution in [3.63, 3.8) is 0 Å². The van der Waals surface area contributed by atoms with E-state index in [1.54, 1.807) is 16.7 Å². The molecular weight excluding hydrogens is 422 g/mol. The summed E-state index contributed by atoms with van der Waals surface area (Å²) in [4.78, 5) is 64.9.